The predicted molar refractivity (Wildman–Crippen MR) is 78.6 cm³/mol. The SMILES string of the molecule is O=C1/C(=C/c2cccnc2)NC(=S)N1C[C@@H]1CCCO1. The van der Waals surface area contributed by atoms with E-state index in [0.717, 1.165) is 25.0 Å². The Kier molecular flexibility index (Phi) is 3.75. The number of ether oxygens (including phenoxy) is 1. The van der Waals surface area contributed by atoms with Crippen molar-refractivity contribution in [3.05, 3.63) is 35.8 Å². The van der Waals surface area contributed by atoms with Gasteiger partial charge in [-0.05, 0) is 42.8 Å². The van der Waals surface area contributed by atoms with Crippen molar-refractivity contribution in [2.75, 3.05) is 13.2 Å². The quantitative estimate of drug-likeness (QED) is 0.672. The van der Waals surface area contributed by atoms with Gasteiger partial charge in [0.25, 0.3) is 5.91 Å². The van der Waals surface area contributed by atoms with Gasteiger partial charge in [0, 0.05) is 19.0 Å². The number of nitrogens with zero attached hydrogens (tertiary/aromatic N) is 2. The predicted octanol–water partition coefficient (Wildman–Crippen LogP) is 1.32. The molecule has 0 radical (unpaired) electrons. The Labute approximate surface area is 122 Å². The van der Waals surface area contributed by atoms with Crippen molar-refractivity contribution in [3.63, 3.8) is 0 Å². The molecular formula is C14H15N3O2S. The molecule has 3 heterocycles. The first-order valence-corrected chi connectivity index (χ1v) is 7.01. The second-order valence-corrected chi connectivity index (χ2v) is 5.21. The molecule has 0 unspecified atom stereocenters. The van der Waals surface area contributed by atoms with Crippen LogP contribution in [0.5, 0.6) is 0 Å². The third-order valence-corrected chi connectivity index (χ3v) is 3.69. The number of carbonyl (C=O) groups is 1. The minimum Gasteiger partial charge on any atom is -0.376 e. The zero-order chi connectivity index (χ0) is 13.9. The first-order valence-electron chi connectivity index (χ1n) is 6.60. The van der Waals surface area contributed by atoms with E-state index in [1.165, 1.54) is 0 Å². The van der Waals surface area contributed by atoms with Gasteiger partial charge in [-0.2, -0.15) is 0 Å². The largest absolute Gasteiger partial charge is 0.376 e. The van der Waals surface area contributed by atoms with E-state index in [-0.39, 0.29) is 12.0 Å². The van der Waals surface area contributed by atoms with Crippen LogP contribution in [0.1, 0.15) is 18.4 Å². The molecule has 0 aliphatic carbocycles. The van der Waals surface area contributed by atoms with E-state index in [9.17, 15) is 4.79 Å². The summed E-state index contributed by atoms with van der Waals surface area (Å²) in [5.74, 6) is -0.102. The van der Waals surface area contributed by atoms with Gasteiger partial charge in [0.2, 0.25) is 0 Å². The molecule has 0 saturated carbocycles. The molecule has 104 valence electrons. The van der Waals surface area contributed by atoms with Crippen molar-refractivity contribution in [2.24, 2.45) is 0 Å². The number of hydrogen-bond donors (Lipinski definition) is 1. The van der Waals surface area contributed by atoms with Gasteiger partial charge in [-0.25, -0.2) is 0 Å². The van der Waals surface area contributed by atoms with Crippen LogP contribution >= 0.6 is 12.2 Å². The fourth-order valence-corrected chi connectivity index (χ4v) is 2.62. The topological polar surface area (TPSA) is 54.5 Å². The molecule has 6 heteroatoms. The summed E-state index contributed by atoms with van der Waals surface area (Å²) in [4.78, 5) is 17.9. The zero-order valence-corrected chi connectivity index (χ0v) is 11.7. The summed E-state index contributed by atoms with van der Waals surface area (Å²) in [6.07, 6.45) is 7.28. The van der Waals surface area contributed by atoms with Crippen molar-refractivity contribution in [1.29, 1.82) is 0 Å². The summed E-state index contributed by atoms with van der Waals surface area (Å²) < 4.78 is 5.55. The molecule has 5 nitrogen and oxygen atoms in total. The smallest absolute Gasteiger partial charge is 0.276 e. The van der Waals surface area contributed by atoms with Crippen LogP contribution in [0, 0.1) is 0 Å². The molecule has 2 aliphatic heterocycles. The lowest BCUT2D eigenvalue weighted by Crippen LogP contribution is -2.37. The van der Waals surface area contributed by atoms with Crippen molar-refractivity contribution >= 4 is 29.3 Å². The van der Waals surface area contributed by atoms with Gasteiger partial charge in [-0.15, -0.1) is 0 Å². The minimum atomic E-state index is -0.102. The molecule has 2 fully saturated rings. The third kappa shape index (κ3) is 2.71. The molecule has 0 aromatic carbocycles. The number of carbonyl (C=O) groups excluding carboxylic acids is 1. The number of aromatic nitrogens is 1. The van der Waals surface area contributed by atoms with Gasteiger partial charge in [0.05, 0.1) is 12.6 Å². The summed E-state index contributed by atoms with van der Waals surface area (Å²) in [5, 5.41) is 3.41. The fourth-order valence-electron chi connectivity index (χ4n) is 2.36. The molecule has 1 atom stereocenters. The van der Waals surface area contributed by atoms with E-state index < -0.39 is 0 Å². The van der Waals surface area contributed by atoms with Crippen molar-refractivity contribution in [1.82, 2.24) is 15.2 Å². The lowest BCUT2D eigenvalue weighted by atomic mass is 10.2. The number of pyridine rings is 1. The molecule has 2 aliphatic rings. The van der Waals surface area contributed by atoms with Crippen LogP contribution < -0.4 is 5.32 Å². The summed E-state index contributed by atoms with van der Waals surface area (Å²) in [6.45, 7) is 1.29. The third-order valence-electron chi connectivity index (χ3n) is 3.37. The number of nitrogens with one attached hydrogen (secondary N) is 1. The molecule has 1 aromatic heterocycles. The van der Waals surface area contributed by atoms with Crippen molar-refractivity contribution < 1.29 is 9.53 Å². The second-order valence-electron chi connectivity index (χ2n) is 4.83. The summed E-state index contributed by atoms with van der Waals surface area (Å²) in [7, 11) is 0. The van der Waals surface area contributed by atoms with Crippen LogP contribution in [-0.4, -0.2) is 40.2 Å². The Bertz CT molecular complexity index is 553. The first-order chi connectivity index (χ1) is 9.74. The summed E-state index contributed by atoms with van der Waals surface area (Å²) in [6, 6.07) is 3.72. The van der Waals surface area contributed by atoms with Crippen LogP contribution in [0.3, 0.4) is 0 Å². The minimum absolute atomic E-state index is 0.0939. The van der Waals surface area contributed by atoms with Crippen molar-refractivity contribution in [2.45, 2.75) is 18.9 Å². The maximum absolute atomic E-state index is 12.3. The highest BCUT2D eigenvalue weighted by molar-refractivity contribution is 7.80. The van der Waals surface area contributed by atoms with Crippen LogP contribution in [0.4, 0.5) is 0 Å². The average Bonchev–Trinajstić information content (AvgIpc) is 3.05. The zero-order valence-electron chi connectivity index (χ0n) is 10.9. The maximum Gasteiger partial charge on any atom is 0.276 e. The van der Waals surface area contributed by atoms with E-state index in [1.807, 2.05) is 12.1 Å². The van der Waals surface area contributed by atoms with Crippen molar-refractivity contribution in [3.8, 4) is 0 Å². The van der Waals surface area contributed by atoms with E-state index in [4.69, 9.17) is 17.0 Å². The molecule has 20 heavy (non-hydrogen) atoms. The molecular weight excluding hydrogens is 274 g/mol. The van der Waals surface area contributed by atoms with E-state index in [2.05, 4.69) is 10.3 Å². The number of thiocarbonyl (C=S) groups is 1. The van der Waals surface area contributed by atoms with Gasteiger partial charge in [-0.3, -0.25) is 14.7 Å². The first kappa shape index (κ1) is 13.2. The van der Waals surface area contributed by atoms with Crippen LogP contribution in [0.15, 0.2) is 30.2 Å². The number of amides is 1. The normalized spacial score (nSPS) is 24.5. The molecule has 1 aromatic rings. The van der Waals surface area contributed by atoms with E-state index >= 15 is 0 Å². The van der Waals surface area contributed by atoms with E-state index in [1.54, 1.807) is 23.4 Å². The molecule has 0 bridgehead atoms. The average molecular weight is 289 g/mol. The molecule has 1 amide bonds. The second kappa shape index (κ2) is 5.68. The molecule has 0 spiro atoms. The highest BCUT2D eigenvalue weighted by Gasteiger charge is 2.33. The maximum atomic E-state index is 12.3. The molecule has 3 rings (SSSR count). The Morgan fingerprint density at radius 1 is 1.60 bits per heavy atom. The monoisotopic (exact) mass is 289 g/mol. The van der Waals surface area contributed by atoms with Crippen LogP contribution in [0.25, 0.3) is 6.08 Å². The highest BCUT2D eigenvalue weighted by atomic mass is 32.1. The highest BCUT2D eigenvalue weighted by Crippen LogP contribution is 2.18. The lowest BCUT2D eigenvalue weighted by Gasteiger charge is -2.18. The number of hydrogen-bond acceptors (Lipinski definition) is 4. The molecule has 1 N–H and O–H groups in total. The van der Waals surface area contributed by atoms with Gasteiger partial charge in [0.15, 0.2) is 5.11 Å². The van der Waals surface area contributed by atoms with Gasteiger partial charge < -0.3 is 10.1 Å². The van der Waals surface area contributed by atoms with E-state index in [0.29, 0.717) is 17.4 Å². The Morgan fingerprint density at radius 2 is 2.50 bits per heavy atom. The van der Waals surface area contributed by atoms with Crippen LogP contribution in [0.2, 0.25) is 0 Å². The fraction of sp³-hybridized carbons (Fsp3) is 0.357. The van der Waals surface area contributed by atoms with Crippen LogP contribution in [-0.2, 0) is 9.53 Å². The van der Waals surface area contributed by atoms with Gasteiger partial charge in [-0.1, -0.05) is 6.07 Å². The standard InChI is InChI=1S/C14H15N3O2S/c18-13-12(7-10-3-1-5-15-8-10)16-14(20)17(13)9-11-4-2-6-19-11/h1,3,5,7-8,11H,2,4,6,9H2,(H,16,20)/b12-7-/t11-/m0/s1. The molecule has 2 saturated heterocycles. The Hall–Kier alpha value is -1.79. The summed E-state index contributed by atoms with van der Waals surface area (Å²) in [5.41, 5.74) is 1.35. The van der Waals surface area contributed by atoms with Gasteiger partial charge in [0.1, 0.15) is 5.70 Å². The number of rotatable bonds is 3. The summed E-state index contributed by atoms with van der Waals surface area (Å²) >= 11 is 5.23. The lowest BCUT2D eigenvalue weighted by molar-refractivity contribution is -0.123. The Morgan fingerprint density at radius 3 is 3.20 bits per heavy atom. The van der Waals surface area contributed by atoms with Gasteiger partial charge >= 0.3 is 0 Å². The Balaban J connectivity index is 1.74.